The maximum Gasteiger partial charge on any atom is 0.376 e. The molecule has 0 aliphatic heterocycles. The largest absolute Gasteiger partial charge is 0.376 e. The van der Waals surface area contributed by atoms with E-state index in [0.717, 1.165) is 0 Å². The highest BCUT2D eigenvalue weighted by atomic mass is 17.6. The Bertz CT molecular complexity index is 245. The Morgan fingerprint density at radius 1 is 1.25 bits per heavy atom. The minimum absolute atomic E-state index is 0.301. The van der Waals surface area contributed by atoms with Gasteiger partial charge in [-0.1, -0.05) is 18.2 Å². The summed E-state index contributed by atoms with van der Waals surface area (Å²) in [5.41, 5.74) is 0.301. The van der Waals surface area contributed by atoms with E-state index in [4.69, 9.17) is 5.26 Å². The van der Waals surface area contributed by atoms with E-state index < -0.39 is 5.97 Å². The van der Waals surface area contributed by atoms with Gasteiger partial charge in [0.25, 0.3) is 0 Å². The molecular weight excluding hydrogens is 164 g/mol. The number of hydrogen-bond donors (Lipinski definition) is 1. The summed E-state index contributed by atoms with van der Waals surface area (Å²) in [7, 11) is 0. The van der Waals surface area contributed by atoms with Crippen molar-refractivity contribution in [3.05, 3.63) is 35.9 Å². The molecule has 0 radical (unpaired) electrons. The molecule has 0 bridgehead atoms. The Balaban J connectivity index is 2.54. The third-order valence-electron chi connectivity index (χ3n) is 1.15. The lowest BCUT2D eigenvalue weighted by molar-refractivity contribution is -0.603. The van der Waals surface area contributed by atoms with E-state index in [1.165, 1.54) is 12.1 Å². The van der Waals surface area contributed by atoms with E-state index in [0.29, 0.717) is 5.56 Å². The maximum atomic E-state index is 10.9. The summed E-state index contributed by atoms with van der Waals surface area (Å²) in [4.78, 5) is 14.8. The van der Waals surface area contributed by atoms with E-state index >= 15 is 0 Å². The van der Waals surface area contributed by atoms with Crippen molar-refractivity contribution in [2.75, 3.05) is 0 Å². The average molecular weight is 170 g/mol. The normalized spacial score (nSPS) is 9.42. The average Bonchev–Trinajstić information content (AvgIpc) is 2.15. The Kier molecular flexibility index (Phi) is 3.21. The Morgan fingerprint density at radius 3 is 2.50 bits per heavy atom. The third-order valence-corrected chi connectivity index (χ3v) is 1.15. The lowest BCUT2D eigenvalue weighted by atomic mass is 10.2. The summed E-state index contributed by atoms with van der Waals surface area (Å²) in [5.74, 6) is -0.746. The van der Waals surface area contributed by atoms with Crippen molar-refractivity contribution in [3.63, 3.8) is 0 Å². The second-order valence-corrected chi connectivity index (χ2v) is 1.88. The molecule has 0 heterocycles. The molecule has 1 rings (SSSR count). The summed E-state index contributed by atoms with van der Waals surface area (Å²) in [6.07, 6.45) is 0. The summed E-state index contributed by atoms with van der Waals surface area (Å²) in [6, 6.07) is 8.14. The quantitative estimate of drug-likeness (QED) is 0.545. The van der Waals surface area contributed by atoms with E-state index in [-0.39, 0.29) is 0 Å². The van der Waals surface area contributed by atoms with Crippen LogP contribution >= 0.6 is 0 Å². The lowest BCUT2D eigenvalue weighted by Gasteiger charge is -1.97. The number of hydrogen-bond acceptors (Lipinski definition) is 5. The molecular formula is C7H6O5. The van der Waals surface area contributed by atoms with Crippen LogP contribution in [-0.2, 0) is 15.0 Å². The number of benzene rings is 1. The van der Waals surface area contributed by atoms with Crippen LogP contribution in [0.25, 0.3) is 0 Å². The molecule has 5 nitrogen and oxygen atoms in total. The van der Waals surface area contributed by atoms with Gasteiger partial charge < -0.3 is 0 Å². The van der Waals surface area contributed by atoms with Gasteiger partial charge in [-0.3, -0.25) is 4.89 Å². The molecule has 0 aromatic heterocycles. The molecule has 1 aromatic rings. The third kappa shape index (κ3) is 2.31. The van der Waals surface area contributed by atoms with Gasteiger partial charge >= 0.3 is 5.97 Å². The topological polar surface area (TPSA) is 65.0 Å². The fourth-order valence-electron chi connectivity index (χ4n) is 0.668. The minimum atomic E-state index is -0.746. The molecule has 0 atom stereocenters. The van der Waals surface area contributed by atoms with Crippen LogP contribution in [-0.4, -0.2) is 11.2 Å². The SMILES string of the molecule is O=C(OOOO)c1ccccc1. The highest BCUT2D eigenvalue weighted by molar-refractivity contribution is 5.88. The molecule has 0 amide bonds. The predicted octanol–water partition coefficient (Wildman–Crippen LogP) is 1.18. The molecule has 0 aliphatic rings. The van der Waals surface area contributed by atoms with Gasteiger partial charge in [0.1, 0.15) is 0 Å². The molecule has 12 heavy (non-hydrogen) atoms. The Hall–Kier alpha value is -1.43. The standard InChI is InChI=1S/C7H6O5/c8-7(10-12-11-9)6-4-2-1-3-5-6/h1-5,9H. The minimum Gasteiger partial charge on any atom is -0.261 e. The maximum absolute atomic E-state index is 10.9. The number of rotatable bonds is 3. The van der Waals surface area contributed by atoms with Crippen LogP contribution < -0.4 is 0 Å². The van der Waals surface area contributed by atoms with Crippen molar-refractivity contribution in [1.82, 2.24) is 0 Å². The molecule has 64 valence electrons. The van der Waals surface area contributed by atoms with Crippen LogP contribution in [0.1, 0.15) is 10.4 Å². The molecule has 1 N–H and O–H groups in total. The Labute approximate surface area is 67.9 Å². The summed E-state index contributed by atoms with van der Waals surface area (Å²) in [5, 5.41) is 14.3. The second kappa shape index (κ2) is 4.45. The van der Waals surface area contributed by atoms with Crippen molar-refractivity contribution < 1.29 is 25.0 Å². The molecule has 0 saturated heterocycles. The van der Waals surface area contributed by atoms with Crippen LogP contribution in [0.5, 0.6) is 0 Å². The highest BCUT2D eigenvalue weighted by Crippen LogP contribution is 2.00. The molecule has 1 aromatic carbocycles. The summed E-state index contributed by atoms with van der Waals surface area (Å²) >= 11 is 0. The summed E-state index contributed by atoms with van der Waals surface area (Å²) < 4.78 is 0. The van der Waals surface area contributed by atoms with Crippen LogP contribution in [0.3, 0.4) is 0 Å². The lowest BCUT2D eigenvalue weighted by Crippen LogP contribution is -2.05. The van der Waals surface area contributed by atoms with E-state index in [1.54, 1.807) is 18.2 Å². The van der Waals surface area contributed by atoms with E-state index in [2.05, 4.69) is 15.0 Å². The second-order valence-electron chi connectivity index (χ2n) is 1.88. The fraction of sp³-hybridized carbons (Fsp3) is 0. The summed E-state index contributed by atoms with van der Waals surface area (Å²) in [6.45, 7) is 0. The van der Waals surface area contributed by atoms with Crippen molar-refractivity contribution >= 4 is 5.97 Å². The first kappa shape index (κ1) is 8.66. The van der Waals surface area contributed by atoms with Crippen molar-refractivity contribution in [1.29, 1.82) is 0 Å². The van der Waals surface area contributed by atoms with Crippen molar-refractivity contribution in [3.8, 4) is 0 Å². The van der Waals surface area contributed by atoms with Gasteiger partial charge in [0.15, 0.2) is 0 Å². The number of carbonyl (C=O) groups is 1. The molecule has 0 fully saturated rings. The first-order chi connectivity index (χ1) is 5.84. The smallest absolute Gasteiger partial charge is 0.261 e. The monoisotopic (exact) mass is 170 g/mol. The van der Waals surface area contributed by atoms with Gasteiger partial charge in [0, 0.05) is 5.04 Å². The zero-order valence-electron chi connectivity index (χ0n) is 5.97. The van der Waals surface area contributed by atoms with Gasteiger partial charge in [0.2, 0.25) is 0 Å². The van der Waals surface area contributed by atoms with Crippen LogP contribution in [0.4, 0.5) is 0 Å². The van der Waals surface area contributed by atoms with Gasteiger partial charge in [0.05, 0.1) is 5.56 Å². The van der Waals surface area contributed by atoms with Gasteiger partial charge in [-0.15, -0.1) is 0 Å². The van der Waals surface area contributed by atoms with E-state index in [1.807, 2.05) is 0 Å². The van der Waals surface area contributed by atoms with Crippen LogP contribution in [0, 0.1) is 0 Å². The van der Waals surface area contributed by atoms with Crippen molar-refractivity contribution in [2.45, 2.75) is 0 Å². The van der Waals surface area contributed by atoms with Crippen molar-refractivity contribution in [2.24, 2.45) is 0 Å². The zero-order valence-corrected chi connectivity index (χ0v) is 5.97. The van der Waals surface area contributed by atoms with Crippen LogP contribution in [0.15, 0.2) is 30.3 Å². The van der Waals surface area contributed by atoms with Gasteiger partial charge in [-0.2, -0.15) is 0 Å². The fourth-order valence-corrected chi connectivity index (χ4v) is 0.668. The van der Waals surface area contributed by atoms with Crippen LogP contribution in [0.2, 0.25) is 0 Å². The molecule has 0 saturated carbocycles. The predicted molar refractivity (Wildman–Crippen MR) is 36.7 cm³/mol. The van der Waals surface area contributed by atoms with Gasteiger partial charge in [-0.25, -0.2) is 10.1 Å². The Morgan fingerprint density at radius 2 is 1.92 bits per heavy atom. The molecule has 0 spiro atoms. The molecule has 0 unspecified atom stereocenters. The molecule has 5 heteroatoms. The van der Waals surface area contributed by atoms with Gasteiger partial charge in [-0.05, 0) is 17.2 Å². The first-order valence-corrected chi connectivity index (χ1v) is 3.08. The highest BCUT2D eigenvalue weighted by Gasteiger charge is 2.06. The first-order valence-electron chi connectivity index (χ1n) is 3.08. The number of carbonyl (C=O) groups excluding carboxylic acids is 1. The molecule has 0 aliphatic carbocycles. The zero-order chi connectivity index (χ0) is 8.81. The van der Waals surface area contributed by atoms with E-state index in [9.17, 15) is 4.79 Å².